The lowest BCUT2D eigenvalue weighted by atomic mass is 10.3. The van der Waals surface area contributed by atoms with Crippen molar-refractivity contribution in [2.24, 2.45) is 5.14 Å². The quantitative estimate of drug-likeness (QED) is 0.474. The molecule has 0 heterocycles. The number of hydrogen-bond acceptors (Lipinski definition) is 5. The van der Waals surface area contributed by atoms with Crippen LogP contribution in [0, 0.1) is 0 Å². The van der Waals surface area contributed by atoms with E-state index in [9.17, 15) is 13.2 Å². The average Bonchev–Trinajstić information content (AvgIpc) is 2.34. The lowest BCUT2D eigenvalue weighted by Gasteiger charge is -2.06. The van der Waals surface area contributed by atoms with E-state index in [1.807, 2.05) is 0 Å². The fourth-order valence-corrected chi connectivity index (χ4v) is 1.73. The van der Waals surface area contributed by atoms with Gasteiger partial charge in [-0.3, -0.25) is 0 Å². The number of benzene rings is 1. The number of carbonyl (C=O) groups is 1. The van der Waals surface area contributed by atoms with Gasteiger partial charge in [-0.15, -0.1) is 0 Å². The van der Waals surface area contributed by atoms with Crippen molar-refractivity contribution in [1.29, 1.82) is 0 Å². The van der Waals surface area contributed by atoms with Crippen LogP contribution in [0.5, 0.6) is 5.75 Å². The fraction of sp³-hybridized carbons (Fsp3) is 0.250. The minimum Gasteiger partial charge on any atom is -0.490 e. The van der Waals surface area contributed by atoms with Crippen LogP contribution < -0.4 is 9.88 Å². The first-order valence-corrected chi connectivity index (χ1v) is 7.03. The normalized spacial score (nSPS) is 11.5. The topological polar surface area (TPSA) is 95.7 Å². The monoisotopic (exact) mass is 285 g/mol. The van der Waals surface area contributed by atoms with Crippen LogP contribution in [0.4, 0.5) is 0 Å². The second kappa shape index (κ2) is 6.91. The van der Waals surface area contributed by atoms with E-state index < -0.39 is 16.0 Å². The Morgan fingerprint density at radius 3 is 2.42 bits per heavy atom. The Labute approximate surface area is 111 Å². The van der Waals surface area contributed by atoms with Crippen molar-refractivity contribution in [3.8, 4) is 5.75 Å². The van der Waals surface area contributed by atoms with E-state index >= 15 is 0 Å². The van der Waals surface area contributed by atoms with Crippen LogP contribution >= 0.6 is 0 Å². The van der Waals surface area contributed by atoms with Gasteiger partial charge in [-0.25, -0.2) is 18.4 Å². The molecule has 0 saturated carbocycles. The number of esters is 1. The van der Waals surface area contributed by atoms with E-state index in [1.165, 1.54) is 30.3 Å². The summed E-state index contributed by atoms with van der Waals surface area (Å²) in [5.41, 5.74) is 0. The highest BCUT2D eigenvalue weighted by Crippen LogP contribution is 2.14. The maximum absolute atomic E-state index is 11.0. The number of hydrogen-bond donors (Lipinski definition) is 1. The summed E-state index contributed by atoms with van der Waals surface area (Å²) in [5, 5.41) is 4.96. The molecule has 0 fully saturated rings. The van der Waals surface area contributed by atoms with Gasteiger partial charge in [0.15, 0.2) is 0 Å². The second-order valence-corrected chi connectivity index (χ2v) is 5.09. The molecular weight excluding hydrogens is 270 g/mol. The zero-order valence-electron chi connectivity index (χ0n) is 10.4. The van der Waals surface area contributed by atoms with Crippen molar-refractivity contribution in [2.75, 3.05) is 13.2 Å². The van der Waals surface area contributed by atoms with Crippen LogP contribution in [0.15, 0.2) is 41.3 Å². The highest BCUT2D eigenvalue weighted by Gasteiger charge is 2.06. The summed E-state index contributed by atoms with van der Waals surface area (Å²) < 4.78 is 32.1. The molecule has 7 heteroatoms. The molecule has 0 bridgehead atoms. The summed E-state index contributed by atoms with van der Waals surface area (Å²) in [6, 6.07) is 5.65. The van der Waals surface area contributed by atoms with Gasteiger partial charge in [0.05, 0.1) is 4.90 Å². The van der Waals surface area contributed by atoms with Gasteiger partial charge >= 0.3 is 5.97 Å². The van der Waals surface area contributed by atoms with E-state index in [0.717, 1.165) is 0 Å². The molecule has 104 valence electrons. The van der Waals surface area contributed by atoms with Crippen molar-refractivity contribution in [3.63, 3.8) is 0 Å². The minimum atomic E-state index is -3.69. The predicted molar refractivity (Wildman–Crippen MR) is 69.1 cm³/mol. The molecule has 0 amide bonds. The van der Waals surface area contributed by atoms with E-state index in [4.69, 9.17) is 14.6 Å². The largest absolute Gasteiger partial charge is 0.490 e. The molecule has 2 N–H and O–H groups in total. The third-order valence-corrected chi connectivity index (χ3v) is 2.98. The van der Waals surface area contributed by atoms with Crippen LogP contribution in [0.25, 0.3) is 0 Å². The zero-order chi connectivity index (χ0) is 14.3. The molecule has 0 radical (unpaired) electrons. The summed E-state index contributed by atoms with van der Waals surface area (Å²) in [5.74, 6) is 0.0326. The summed E-state index contributed by atoms with van der Waals surface area (Å²) in [6.07, 6.45) is 2.88. The summed E-state index contributed by atoms with van der Waals surface area (Å²) in [6.45, 7) is 2.00. The van der Waals surface area contributed by atoms with Gasteiger partial charge in [0, 0.05) is 6.08 Å². The molecular formula is C12H15NO5S. The van der Waals surface area contributed by atoms with Crippen molar-refractivity contribution < 1.29 is 22.7 Å². The summed E-state index contributed by atoms with van der Waals surface area (Å²) in [7, 11) is -3.69. The van der Waals surface area contributed by atoms with Gasteiger partial charge in [-0.1, -0.05) is 6.08 Å². The van der Waals surface area contributed by atoms with Crippen LogP contribution in [0.3, 0.4) is 0 Å². The molecule has 0 saturated heterocycles. The summed E-state index contributed by atoms with van der Waals surface area (Å²) >= 11 is 0. The predicted octanol–water partition coefficient (Wildman–Crippen LogP) is 0.832. The molecule has 1 aromatic rings. The third kappa shape index (κ3) is 5.54. The van der Waals surface area contributed by atoms with Gasteiger partial charge in [0.25, 0.3) is 0 Å². The first-order valence-electron chi connectivity index (χ1n) is 5.48. The lowest BCUT2D eigenvalue weighted by Crippen LogP contribution is -2.12. The molecule has 1 rings (SSSR count). The van der Waals surface area contributed by atoms with Crippen LogP contribution in [0.2, 0.25) is 0 Å². The molecule has 0 atom stereocenters. The van der Waals surface area contributed by atoms with Crippen molar-refractivity contribution >= 4 is 16.0 Å². The Hall–Kier alpha value is -1.86. The van der Waals surface area contributed by atoms with Crippen molar-refractivity contribution in [3.05, 3.63) is 36.4 Å². The Kier molecular flexibility index (Phi) is 5.53. The third-order valence-electron chi connectivity index (χ3n) is 2.05. The molecule has 6 nitrogen and oxygen atoms in total. The van der Waals surface area contributed by atoms with Crippen molar-refractivity contribution in [1.82, 2.24) is 0 Å². The second-order valence-electron chi connectivity index (χ2n) is 3.53. The Morgan fingerprint density at radius 2 is 1.89 bits per heavy atom. The van der Waals surface area contributed by atoms with Crippen LogP contribution in [-0.4, -0.2) is 27.6 Å². The Morgan fingerprint density at radius 1 is 1.26 bits per heavy atom. The number of rotatable bonds is 6. The highest BCUT2D eigenvalue weighted by atomic mass is 32.2. The maximum Gasteiger partial charge on any atom is 0.330 e. The SMILES string of the molecule is C/C=C/C(=O)OCCOc1ccc(S(N)(=O)=O)cc1. The molecule has 0 unspecified atom stereocenters. The average molecular weight is 285 g/mol. The summed E-state index contributed by atoms with van der Waals surface area (Å²) in [4.78, 5) is 11.0. The Balaban J connectivity index is 2.41. The lowest BCUT2D eigenvalue weighted by molar-refractivity contribution is -0.138. The number of sulfonamides is 1. The number of primary sulfonamides is 1. The van der Waals surface area contributed by atoms with Gasteiger partial charge in [-0.05, 0) is 31.2 Å². The van der Waals surface area contributed by atoms with Crippen LogP contribution in [0.1, 0.15) is 6.92 Å². The molecule has 0 spiro atoms. The number of carbonyl (C=O) groups excluding carboxylic acids is 1. The first kappa shape index (κ1) is 15.2. The first-order chi connectivity index (χ1) is 8.93. The van der Waals surface area contributed by atoms with Gasteiger partial charge in [-0.2, -0.15) is 0 Å². The zero-order valence-corrected chi connectivity index (χ0v) is 11.2. The minimum absolute atomic E-state index is 0.0133. The molecule has 0 aliphatic carbocycles. The molecule has 1 aromatic carbocycles. The van der Waals surface area contributed by atoms with E-state index in [-0.39, 0.29) is 18.1 Å². The molecule has 0 aliphatic rings. The molecule has 19 heavy (non-hydrogen) atoms. The van der Waals surface area contributed by atoms with Crippen LogP contribution in [-0.2, 0) is 19.6 Å². The Bertz CT molecular complexity index is 548. The number of nitrogens with two attached hydrogens (primary N) is 1. The molecule has 0 aliphatic heterocycles. The smallest absolute Gasteiger partial charge is 0.330 e. The van der Waals surface area contributed by atoms with E-state index in [1.54, 1.807) is 13.0 Å². The number of allylic oxidation sites excluding steroid dienone is 1. The standard InChI is InChI=1S/C12H15NO5S/c1-2-3-12(14)18-9-8-17-10-4-6-11(7-5-10)19(13,15)16/h2-7H,8-9H2,1H3,(H2,13,15,16)/b3-2+. The fourth-order valence-electron chi connectivity index (χ4n) is 1.21. The molecule has 0 aromatic heterocycles. The van der Waals surface area contributed by atoms with E-state index in [0.29, 0.717) is 5.75 Å². The maximum atomic E-state index is 11.0. The number of ether oxygens (including phenoxy) is 2. The van der Waals surface area contributed by atoms with Gasteiger partial charge in [0.1, 0.15) is 19.0 Å². The van der Waals surface area contributed by atoms with Gasteiger partial charge in [0.2, 0.25) is 10.0 Å². The van der Waals surface area contributed by atoms with E-state index in [2.05, 4.69) is 0 Å². The van der Waals surface area contributed by atoms with Crippen molar-refractivity contribution in [2.45, 2.75) is 11.8 Å². The highest BCUT2D eigenvalue weighted by molar-refractivity contribution is 7.89. The van der Waals surface area contributed by atoms with Gasteiger partial charge < -0.3 is 9.47 Å².